The molecule has 0 spiro atoms. The van der Waals surface area contributed by atoms with Gasteiger partial charge in [-0.25, -0.2) is 27.0 Å². The fourth-order valence-electron chi connectivity index (χ4n) is 8.53. The van der Waals surface area contributed by atoms with Gasteiger partial charge in [-0.15, -0.1) is 0 Å². The predicted molar refractivity (Wildman–Crippen MR) is 229 cm³/mol. The number of aromatic nitrogens is 1. The van der Waals surface area contributed by atoms with E-state index < -0.39 is 85.7 Å². The minimum atomic E-state index is -4.06. The number of sulfonamides is 1. The van der Waals surface area contributed by atoms with Crippen LogP contribution in [0.5, 0.6) is 5.88 Å². The van der Waals surface area contributed by atoms with Crippen molar-refractivity contribution in [2.45, 2.75) is 126 Å². The van der Waals surface area contributed by atoms with E-state index in [-0.39, 0.29) is 35.5 Å². The minimum Gasteiger partial charge on any atom is -0.472 e. The molecule has 0 radical (unpaired) electrons. The number of morpholine rings is 1. The van der Waals surface area contributed by atoms with E-state index in [4.69, 9.17) is 19.2 Å². The maximum absolute atomic E-state index is 14.9. The summed E-state index contributed by atoms with van der Waals surface area (Å²) in [7, 11) is -4.06. The van der Waals surface area contributed by atoms with Gasteiger partial charge in [-0.05, 0) is 77.2 Å². The van der Waals surface area contributed by atoms with Crippen LogP contribution in [0.1, 0.15) is 90.8 Å². The van der Waals surface area contributed by atoms with Crippen LogP contribution in [-0.4, -0.2) is 115 Å². The number of pyridine rings is 1. The largest absolute Gasteiger partial charge is 0.472 e. The topological polar surface area (TPSA) is 186 Å². The Balaban J connectivity index is 0.00000299. The zero-order chi connectivity index (χ0) is 44.1. The number of nitrogens with one attached hydrogen (secondary N) is 3. The number of alkyl halides is 2. The van der Waals surface area contributed by atoms with Gasteiger partial charge in [0, 0.05) is 47.4 Å². The molecule has 3 N–H and O–H groups in total. The molecule has 2 aromatic rings. The van der Waals surface area contributed by atoms with Crippen LogP contribution in [0.4, 0.5) is 19.3 Å². The van der Waals surface area contributed by atoms with Gasteiger partial charge in [0.1, 0.15) is 23.7 Å². The normalized spacial score (nSPS) is 30.2. The molecule has 5 aliphatic rings. The number of halogens is 2. The summed E-state index contributed by atoms with van der Waals surface area (Å²) in [6.07, 6.45) is 6.01. The molecule has 2 saturated heterocycles. The van der Waals surface area contributed by atoms with Crippen molar-refractivity contribution in [2.75, 3.05) is 37.7 Å². The van der Waals surface area contributed by atoms with E-state index in [9.17, 15) is 36.4 Å². The van der Waals surface area contributed by atoms with E-state index in [1.807, 2.05) is 43.3 Å². The molecule has 1 aromatic heterocycles. The molecular weight excluding hydrogens is 815 g/mol. The van der Waals surface area contributed by atoms with Crippen LogP contribution >= 0.6 is 0 Å². The molecule has 1 aromatic carbocycles. The van der Waals surface area contributed by atoms with Crippen LogP contribution in [0.2, 0.25) is 0 Å². The van der Waals surface area contributed by atoms with E-state index >= 15 is 0 Å². The highest BCUT2D eigenvalue weighted by atomic mass is 32.2. The number of amides is 4. The Morgan fingerprint density at radius 3 is 2.43 bits per heavy atom. The van der Waals surface area contributed by atoms with Gasteiger partial charge in [-0.1, -0.05) is 44.2 Å². The van der Waals surface area contributed by atoms with Gasteiger partial charge in [0.25, 0.3) is 11.8 Å². The number of anilines is 1. The van der Waals surface area contributed by atoms with Crippen LogP contribution in [0.15, 0.2) is 42.6 Å². The second kappa shape index (κ2) is 16.6. The molecule has 18 heteroatoms. The molecule has 61 heavy (non-hydrogen) atoms. The van der Waals surface area contributed by atoms with E-state index in [1.54, 1.807) is 20.0 Å². The highest BCUT2D eigenvalue weighted by Crippen LogP contribution is 2.48. The molecular formula is C43H64F2N6O9S. The number of rotatable bonds is 9. The van der Waals surface area contributed by atoms with E-state index in [1.165, 1.54) is 4.90 Å². The smallest absolute Gasteiger partial charge is 0.408 e. The number of allylic oxidation sites excluding steroid dienone is 1. The quantitative estimate of drug-likeness (QED) is 0.268. The number of carbonyl (C=O) groups is 4. The van der Waals surface area contributed by atoms with Crippen molar-refractivity contribution in [3.8, 4) is 5.88 Å². The predicted octanol–water partition coefficient (Wildman–Crippen LogP) is 5.57. The molecule has 2 saturated carbocycles. The lowest BCUT2D eigenvalue weighted by molar-refractivity contribution is -0.152. The van der Waals surface area contributed by atoms with Gasteiger partial charge in [0.05, 0.1) is 36.4 Å². The number of benzene rings is 1. The molecule has 4 amide bonds. The first-order valence-electron chi connectivity index (χ1n) is 21.2. The first-order valence-corrected chi connectivity index (χ1v) is 22.7. The number of hydrogen-bond donors (Lipinski definition) is 3. The summed E-state index contributed by atoms with van der Waals surface area (Å²) in [6.45, 7) is 10.5. The standard InChI is InChI=1S/C43H58F2N6O9S.3H2/c1-26-11-7-8-12-28-23-43(28,38(54)49-61(56,57)41(5)15-16-41)48-35(52)32-22-29(59-36-31-14-10-9-13-30(31)33(24-46-36)50-17-19-58-20-18-50)25-51(32)37(53)34(27(2)21-26)47-39(55)60-40(3,4)42(6,44)45;;;/h8-10,12-14,24,26-29,32,34H,7,11,15-23,25H2,1-6H3,(H,47,55)(H,48,52)(H,49,54);3*1H/b12-8-;;;/t26-,27+,28+,29+,32-,34?,43+;;;/m0.../s1. The average Bonchev–Trinajstić information content (AvgIpc) is 4.08. The molecule has 15 nitrogen and oxygen atoms in total. The third-order valence-corrected chi connectivity index (χ3v) is 15.5. The minimum absolute atomic E-state index is 0. The van der Waals surface area contributed by atoms with E-state index in [0.29, 0.717) is 70.7 Å². The zero-order valence-electron chi connectivity index (χ0n) is 35.7. The average molecular weight is 879 g/mol. The number of alkyl carbamates (subject to hydrolysis) is 1. The number of ether oxygens (including phenoxy) is 3. The van der Waals surface area contributed by atoms with Crippen molar-refractivity contribution in [3.05, 3.63) is 42.6 Å². The lowest BCUT2D eigenvalue weighted by atomic mass is 9.88. The maximum atomic E-state index is 14.9. The first kappa shape index (κ1) is 44.5. The van der Waals surface area contributed by atoms with Crippen molar-refractivity contribution in [3.63, 3.8) is 0 Å². The monoisotopic (exact) mass is 878 g/mol. The summed E-state index contributed by atoms with van der Waals surface area (Å²) in [4.78, 5) is 65.1. The fraction of sp³-hybridized carbons (Fsp3) is 0.651. The van der Waals surface area contributed by atoms with Crippen molar-refractivity contribution < 1.29 is 54.9 Å². The maximum Gasteiger partial charge on any atom is 0.408 e. The van der Waals surface area contributed by atoms with Gasteiger partial charge >= 0.3 is 6.09 Å². The van der Waals surface area contributed by atoms with E-state index in [0.717, 1.165) is 24.9 Å². The van der Waals surface area contributed by atoms with Gasteiger partial charge in [0.2, 0.25) is 27.7 Å². The van der Waals surface area contributed by atoms with Crippen molar-refractivity contribution in [1.29, 1.82) is 0 Å². The SMILES string of the molecule is C[C@H]1CC/C=C\[C@@H]2C[C@@]2(C(=O)NS(=O)(=O)C2(C)CC2)NC(=O)[C@@H]2C[C@@H](Oc3ncc(N4CCOCC4)c4ccccc34)CN2C(=O)C(NC(=O)OC(C)(C)C(C)(F)F)[C@H](C)C1.[HH].[HH].[HH]. The summed E-state index contributed by atoms with van der Waals surface area (Å²) in [5, 5.41) is 7.03. The van der Waals surface area contributed by atoms with Crippen molar-refractivity contribution in [1.82, 2.24) is 25.2 Å². The Hall–Kier alpha value is -4.58. The summed E-state index contributed by atoms with van der Waals surface area (Å²) in [5.74, 6) is -6.42. The summed E-state index contributed by atoms with van der Waals surface area (Å²) >= 11 is 0. The molecule has 7 rings (SSSR count). The van der Waals surface area contributed by atoms with E-state index in [2.05, 4.69) is 20.3 Å². The van der Waals surface area contributed by atoms with Crippen molar-refractivity contribution in [2.24, 2.45) is 17.8 Å². The molecule has 4 fully saturated rings. The Morgan fingerprint density at radius 1 is 1.07 bits per heavy atom. The van der Waals surface area contributed by atoms with Crippen molar-refractivity contribution >= 4 is 50.3 Å². The van der Waals surface area contributed by atoms with Gasteiger partial charge < -0.3 is 34.6 Å². The Labute approximate surface area is 360 Å². The summed E-state index contributed by atoms with van der Waals surface area (Å²) in [6, 6.07) is 5.05. The second-order valence-electron chi connectivity index (χ2n) is 18.5. The molecule has 3 aliphatic heterocycles. The molecule has 7 atom stereocenters. The molecule has 340 valence electrons. The first-order chi connectivity index (χ1) is 28.6. The van der Waals surface area contributed by atoms with Gasteiger partial charge in [-0.3, -0.25) is 19.1 Å². The van der Waals surface area contributed by atoms with Crippen LogP contribution in [0, 0.1) is 17.8 Å². The highest BCUT2D eigenvalue weighted by molar-refractivity contribution is 7.91. The Kier molecular flexibility index (Phi) is 12.1. The van der Waals surface area contributed by atoms with Crippen LogP contribution in [0.25, 0.3) is 10.8 Å². The summed E-state index contributed by atoms with van der Waals surface area (Å²) < 4.78 is 73.9. The van der Waals surface area contributed by atoms with Crippen LogP contribution in [-0.2, 0) is 33.9 Å². The highest BCUT2D eigenvalue weighted by Gasteiger charge is 2.63. The Morgan fingerprint density at radius 2 is 1.75 bits per heavy atom. The molecule has 2 aliphatic carbocycles. The number of hydrogen-bond acceptors (Lipinski definition) is 11. The molecule has 1 unspecified atom stereocenters. The Bertz CT molecular complexity index is 2190. The van der Waals surface area contributed by atoms with Gasteiger partial charge in [-0.2, -0.15) is 0 Å². The molecule has 0 bridgehead atoms. The third-order valence-electron chi connectivity index (χ3n) is 13.3. The lowest BCUT2D eigenvalue weighted by Gasteiger charge is -2.35. The number of fused-ring (bicyclic) bond motifs is 3. The van der Waals surface area contributed by atoms with Crippen LogP contribution < -0.4 is 25.0 Å². The lowest BCUT2D eigenvalue weighted by Crippen LogP contribution is -2.59. The second-order valence-corrected chi connectivity index (χ2v) is 20.7. The molecule has 4 heterocycles. The summed E-state index contributed by atoms with van der Waals surface area (Å²) in [5.41, 5.74) is -2.92. The van der Waals surface area contributed by atoms with Crippen LogP contribution in [0.3, 0.4) is 0 Å². The third kappa shape index (κ3) is 9.16. The zero-order valence-corrected chi connectivity index (χ0v) is 36.5. The number of nitrogens with zero attached hydrogens (tertiary/aromatic N) is 3. The van der Waals surface area contributed by atoms with Gasteiger partial charge in [0.15, 0.2) is 5.60 Å². The number of carbonyl (C=O) groups excluding carboxylic acids is 4. The fourth-order valence-corrected chi connectivity index (χ4v) is 9.85.